The lowest BCUT2D eigenvalue weighted by Crippen LogP contribution is -2.37. The summed E-state index contributed by atoms with van der Waals surface area (Å²) in [5, 5.41) is 8.65. The lowest BCUT2D eigenvalue weighted by Gasteiger charge is -2.37. The van der Waals surface area contributed by atoms with Gasteiger partial charge in [0.1, 0.15) is 0 Å². The van der Waals surface area contributed by atoms with Crippen molar-refractivity contribution in [2.24, 2.45) is 0 Å². The SMILES string of the molecule is N#CCSCCCN1CCc2ccccc2[C@H]1Cc1ccccc1. The van der Waals surface area contributed by atoms with E-state index in [0.717, 1.165) is 38.1 Å². The predicted molar refractivity (Wildman–Crippen MR) is 102 cm³/mol. The van der Waals surface area contributed by atoms with E-state index in [2.05, 4.69) is 65.6 Å². The number of nitriles is 1. The van der Waals surface area contributed by atoms with E-state index in [0.29, 0.717) is 11.8 Å². The molecule has 0 spiro atoms. The molecule has 0 amide bonds. The predicted octanol–water partition coefficient (Wildman–Crippen LogP) is 4.48. The second-order valence-electron chi connectivity index (χ2n) is 6.25. The van der Waals surface area contributed by atoms with E-state index < -0.39 is 0 Å². The molecule has 1 aliphatic heterocycles. The Balaban J connectivity index is 1.71. The molecule has 0 fully saturated rings. The number of thioether (sulfide) groups is 1. The Labute approximate surface area is 149 Å². The minimum Gasteiger partial charge on any atom is -0.296 e. The summed E-state index contributed by atoms with van der Waals surface area (Å²) in [7, 11) is 0. The topological polar surface area (TPSA) is 27.0 Å². The fourth-order valence-corrected chi connectivity index (χ4v) is 4.10. The Morgan fingerprint density at radius 3 is 2.71 bits per heavy atom. The van der Waals surface area contributed by atoms with E-state index in [-0.39, 0.29) is 0 Å². The number of hydrogen-bond donors (Lipinski definition) is 0. The first-order valence-corrected chi connectivity index (χ1v) is 9.84. The van der Waals surface area contributed by atoms with Crippen LogP contribution in [0.1, 0.15) is 29.2 Å². The molecule has 2 aromatic rings. The summed E-state index contributed by atoms with van der Waals surface area (Å²) in [4.78, 5) is 2.64. The molecular formula is C21H24N2S. The molecule has 3 heteroatoms. The molecule has 2 aromatic carbocycles. The van der Waals surface area contributed by atoms with Crippen molar-refractivity contribution >= 4 is 11.8 Å². The van der Waals surface area contributed by atoms with Gasteiger partial charge in [0.15, 0.2) is 0 Å². The molecule has 24 heavy (non-hydrogen) atoms. The van der Waals surface area contributed by atoms with Gasteiger partial charge in [0.05, 0.1) is 11.8 Å². The second kappa shape index (κ2) is 8.92. The van der Waals surface area contributed by atoms with Crippen molar-refractivity contribution < 1.29 is 0 Å². The van der Waals surface area contributed by atoms with Gasteiger partial charge in [-0.15, -0.1) is 11.8 Å². The minimum absolute atomic E-state index is 0.471. The zero-order valence-electron chi connectivity index (χ0n) is 14.0. The highest BCUT2D eigenvalue weighted by molar-refractivity contribution is 7.99. The third-order valence-electron chi connectivity index (χ3n) is 4.70. The highest BCUT2D eigenvalue weighted by Crippen LogP contribution is 2.32. The lowest BCUT2D eigenvalue weighted by atomic mass is 9.88. The quantitative estimate of drug-likeness (QED) is 0.698. The molecule has 0 bridgehead atoms. The van der Waals surface area contributed by atoms with Crippen LogP contribution < -0.4 is 0 Å². The molecule has 0 radical (unpaired) electrons. The zero-order valence-corrected chi connectivity index (χ0v) is 14.8. The molecule has 2 nitrogen and oxygen atoms in total. The van der Waals surface area contributed by atoms with E-state index >= 15 is 0 Å². The van der Waals surface area contributed by atoms with Crippen LogP contribution in [0.2, 0.25) is 0 Å². The first-order valence-electron chi connectivity index (χ1n) is 8.69. The third kappa shape index (κ3) is 4.41. The maximum absolute atomic E-state index is 8.65. The van der Waals surface area contributed by atoms with Crippen LogP contribution in [-0.4, -0.2) is 29.5 Å². The Morgan fingerprint density at radius 2 is 1.88 bits per heavy atom. The van der Waals surface area contributed by atoms with Gasteiger partial charge in [-0.1, -0.05) is 54.6 Å². The Morgan fingerprint density at radius 1 is 1.08 bits per heavy atom. The van der Waals surface area contributed by atoms with Crippen molar-refractivity contribution in [3.05, 3.63) is 71.3 Å². The van der Waals surface area contributed by atoms with E-state index in [9.17, 15) is 0 Å². The number of fused-ring (bicyclic) bond motifs is 1. The van der Waals surface area contributed by atoms with E-state index in [1.165, 1.54) is 16.7 Å². The highest BCUT2D eigenvalue weighted by Gasteiger charge is 2.26. The molecule has 0 saturated carbocycles. The Kier molecular flexibility index (Phi) is 6.34. The van der Waals surface area contributed by atoms with Crippen molar-refractivity contribution in [1.29, 1.82) is 5.26 Å². The van der Waals surface area contributed by atoms with Crippen LogP contribution in [0.5, 0.6) is 0 Å². The summed E-state index contributed by atoms with van der Waals surface area (Å²) in [5.74, 6) is 1.68. The van der Waals surface area contributed by atoms with Gasteiger partial charge in [-0.2, -0.15) is 5.26 Å². The van der Waals surface area contributed by atoms with Crippen LogP contribution in [0.15, 0.2) is 54.6 Å². The number of hydrogen-bond acceptors (Lipinski definition) is 3. The first kappa shape index (κ1) is 17.1. The van der Waals surface area contributed by atoms with Gasteiger partial charge < -0.3 is 0 Å². The van der Waals surface area contributed by atoms with Crippen molar-refractivity contribution in [3.8, 4) is 6.07 Å². The van der Waals surface area contributed by atoms with Crippen LogP contribution in [0.3, 0.4) is 0 Å². The van der Waals surface area contributed by atoms with Gasteiger partial charge in [0.25, 0.3) is 0 Å². The average Bonchev–Trinajstić information content (AvgIpc) is 2.64. The average molecular weight is 337 g/mol. The molecule has 124 valence electrons. The second-order valence-corrected chi connectivity index (χ2v) is 7.36. The zero-order chi connectivity index (χ0) is 16.6. The molecular weight excluding hydrogens is 312 g/mol. The van der Waals surface area contributed by atoms with Gasteiger partial charge in [-0.25, -0.2) is 0 Å². The van der Waals surface area contributed by atoms with Crippen molar-refractivity contribution in [2.75, 3.05) is 24.6 Å². The van der Waals surface area contributed by atoms with Gasteiger partial charge in [0.2, 0.25) is 0 Å². The summed E-state index contributed by atoms with van der Waals surface area (Å²) in [6.45, 7) is 2.25. The van der Waals surface area contributed by atoms with E-state index in [4.69, 9.17) is 5.26 Å². The molecule has 0 unspecified atom stereocenters. The van der Waals surface area contributed by atoms with Crippen molar-refractivity contribution in [2.45, 2.75) is 25.3 Å². The van der Waals surface area contributed by atoms with E-state index in [1.807, 2.05) is 0 Å². The molecule has 0 N–H and O–H groups in total. The highest BCUT2D eigenvalue weighted by atomic mass is 32.2. The largest absolute Gasteiger partial charge is 0.296 e. The van der Waals surface area contributed by atoms with Gasteiger partial charge in [-0.05, 0) is 48.3 Å². The van der Waals surface area contributed by atoms with Gasteiger partial charge in [-0.3, -0.25) is 4.90 Å². The van der Waals surface area contributed by atoms with Crippen LogP contribution in [0, 0.1) is 11.3 Å². The smallest absolute Gasteiger partial charge is 0.0808 e. The fourth-order valence-electron chi connectivity index (χ4n) is 3.54. The molecule has 1 heterocycles. The standard InChI is InChI=1S/C21H24N2S/c22-12-16-24-15-6-13-23-14-11-19-9-4-5-10-20(19)21(23)17-18-7-2-1-3-8-18/h1-5,7-10,21H,6,11,13-17H2/t21-/m1/s1. The summed E-state index contributed by atoms with van der Waals surface area (Å²) < 4.78 is 0. The Bertz CT molecular complexity index is 678. The molecule has 0 aliphatic carbocycles. The third-order valence-corrected chi connectivity index (χ3v) is 5.61. The fraction of sp³-hybridized carbons (Fsp3) is 0.381. The maximum Gasteiger partial charge on any atom is 0.0808 e. The van der Waals surface area contributed by atoms with Gasteiger partial charge in [0, 0.05) is 12.6 Å². The van der Waals surface area contributed by atoms with Crippen molar-refractivity contribution in [3.63, 3.8) is 0 Å². The molecule has 3 rings (SSSR count). The van der Waals surface area contributed by atoms with Gasteiger partial charge >= 0.3 is 0 Å². The number of benzene rings is 2. The number of nitrogens with zero attached hydrogens (tertiary/aromatic N) is 2. The van der Waals surface area contributed by atoms with Crippen LogP contribution in [-0.2, 0) is 12.8 Å². The normalized spacial score (nSPS) is 17.2. The van der Waals surface area contributed by atoms with E-state index in [1.54, 1.807) is 11.8 Å². The number of rotatable bonds is 7. The van der Waals surface area contributed by atoms with Crippen LogP contribution in [0.25, 0.3) is 0 Å². The first-order chi connectivity index (χ1) is 11.9. The minimum atomic E-state index is 0.471. The summed E-state index contributed by atoms with van der Waals surface area (Å²) >= 11 is 1.74. The monoisotopic (exact) mass is 336 g/mol. The van der Waals surface area contributed by atoms with Crippen molar-refractivity contribution in [1.82, 2.24) is 4.90 Å². The molecule has 1 atom stereocenters. The molecule has 0 saturated heterocycles. The summed E-state index contributed by atoms with van der Waals surface area (Å²) in [6, 6.07) is 22.4. The van der Waals surface area contributed by atoms with Crippen LogP contribution in [0.4, 0.5) is 0 Å². The maximum atomic E-state index is 8.65. The molecule has 1 aliphatic rings. The summed E-state index contributed by atoms with van der Waals surface area (Å²) in [6.07, 6.45) is 3.37. The molecule has 0 aromatic heterocycles. The summed E-state index contributed by atoms with van der Waals surface area (Å²) in [5.41, 5.74) is 4.41. The lowest BCUT2D eigenvalue weighted by molar-refractivity contribution is 0.184. The Hall–Kier alpha value is -1.76. The van der Waals surface area contributed by atoms with Crippen LogP contribution >= 0.6 is 11.8 Å².